The standard InChI is InChI=1S/C22H28N4.C5H12/c1-16(9-8-14-23)15-17(2)24-22-19-12-6-7-13-20(19)25-21(26-22)18-10-4-3-5-11-18;1-3-5-4-2/h3-7,10-13,15-16,21,25H,8-9,14,23H2,1-2H3,(H,24,26);3-5H2,1-2H3/b17-15+;. The molecule has 1 aliphatic rings. The quantitative estimate of drug-likeness (QED) is 0.449. The molecule has 2 aromatic carbocycles. The molecule has 0 aromatic heterocycles. The van der Waals surface area contributed by atoms with E-state index in [1.165, 1.54) is 19.3 Å². The molecular weight excluding hydrogens is 380 g/mol. The Hall–Kier alpha value is -2.59. The normalized spacial score (nSPS) is 16.2. The topological polar surface area (TPSA) is 62.4 Å². The molecule has 0 radical (unpaired) electrons. The van der Waals surface area contributed by atoms with E-state index in [2.05, 4.69) is 74.7 Å². The molecule has 2 atom stereocenters. The van der Waals surface area contributed by atoms with Crippen LogP contribution in [0.5, 0.6) is 0 Å². The Morgan fingerprint density at radius 1 is 1.06 bits per heavy atom. The molecule has 0 fully saturated rings. The summed E-state index contributed by atoms with van der Waals surface area (Å²) in [6.07, 6.45) is 8.41. The fraction of sp³-hybridized carbons (Fsp3) is 0.444. The number of hydrogen-bond acceptors (Lipinski definition) is 4. The Morgan fingerprint density at radius 3 is 2.39 bits per heavy atom. The average Bonchev–Trinajstić information content (AvgIpc) is 2.79. The van der Waals surface area contributed by atoms with Gasteiger partial charge in [-0.2, -0.15) is 0 Å². The van der Waals surface area contributed by atoms with Crippen molar-refractivity contribution >= 4 is 11.5 Å². The second kappa shape index (κ2) is 13.7. The third-order valence-electron chi connectivity index (χ3n) is 5.27. The van der Waals surface area contributed by atoms with E-state index in [0.717, 1.165) is 47.7 Å². The van der Waals surface area contributed by atoms with Crippen LogP contribution in [0.15, 0.2) is 71.4 Å². The number of rotatable bonds is 8. The first-order chi connectivity index (χ1) is 15.1. The zero-order valence-electron chi connectivity index (χ0n) is 19.7. The summed E-state index contributed by atoms with van der Waals surface area (Å²) in [4.78, 5) is 4.94. The number of para-hydroxylation sites is 1. The van der Waals surface area contributed by atoms with Crippen molar-refractivity contribution in [2.75, 3.05) is 11.9 Å². The molecule has 168 valence electrons. The zero-order chi connectivity index (χ0) is 22.5. The van der Waals surface area contributed by atoms with E-state index < -0.39 is 0 Å². The molecule has 4 heteroatoms. The molecule has 0 saturated carbocycles. The summed E-state index contributed by atoms with van der Waals surface area (Å²) < 4.78 is 0. The number of fused-ring (bicyclic) bond motifs is 1. The lowest BCUT2D eigenvalue weighted by Gasteiger charge is -2.26. The predicted octanol–water partition coefficient (Wildman–Crippen LogP) is 6.62. The van der Waals surface area contributed by atoms with Crippen LogP contribution in [0, 0.1) is 5.92 Å². The van der Waals surface area contributed by atoms with Crippen LogP contribution in [0.1, 0.15) is 77.1 Å². The second-order valence-corrected chi connectivity index (χ2v) is 8.22. The van der Waals surface area contributed by atoms with Gasteiger partial charge in [-0.25, -0.2) is 4.99 Å². The number of nitrogens with two attached hydrogens (primary N) is 1. The van der Waals surface area contributed by atoms with Crippen LogP contribution < -0.4 is 16.4 Å². The number of aliphatic imine (C=N–C) groups is 1. The van der Waals surface area contributed by atoms with Gasteiger partial charge in [0.2, 0.25) is 0 Å². The molecule has 1 heterocycles. The van der Waals surface area contributed by atoms with Crippen molar-refractivity contribution in [1.29, 1.82) is 0 Å². The van der Waals surface area contributed by atoms with Crippen LogP contribution in [-0.2, 0) is 0 Å². The molecular formula is C27H40N4. The lowest BCUT2D eigenvalue weighted by Crippen LogP contribution is -2.30. The van der Waals surface area contributed by atoms with Gasteiger partial charge in [-0.05, 0) is 49.9 Å². The summed E-state index contributed by atoms with van der Waals surface area (Å²) in [6.45, 7) is 9.50. The smallest absolute Gasteiger partial charge is 0.147 e. The molecule has 3 rings (SSSR count). The molecule has 0 bridgehead atoms. The third-order valence-corrected chi connectivity index (χ3v) is 5.27. The van der Waals surface area contributed by atoms with E-state index in [-0.39, 0.29) is 6.17 Å². The van der Waals surface area contributed by atoms with Gasteiger partial charge in [0.1, 0.15) is 12.0 Å². The van der Waals surface area contributed by atoms with Crippen molar-refractivity contribution in [3.8, 4) is 0 Å². The highest BCUT2D eigenvalue weighted by molar-refractivity contribution is 6.05. The minimum atomic E-state index is -0.0870. The first-order valence-electron chi connectivity index (χ1n) is 11.7. The Kier molecular flexibility index (Phi) is 10.9. The second-order valence-electron chi connectivity index (χ2n) is 8.22. The molecule has 0 spiro atoms. The van der Waals surface area contributed by atoms with Gasteiger partial charge < -0.3 is 16.4 Å². The highest BCUT2D eigenvalue weighted by Gasteiger charge is 2.21. The van der Waals surface area contributed by atoms with E-state index in [1.54, 1.807) is 0 Å². The van der Waals surface area contributed by atoms with Gasteiger partial charge in [-0.15, -0.1) is 0 Å². The fourth-order valence-electron chi connectivity index (χ4n) is 3.62. The number of allylic oxidation sites excluding steroid dienone is 2. The van der Waals surface area contributed by atoms with Crippen molar-refractivity contribution in [2.45, 2.75) is 66.0 Å². The van der Waals surface area contributed by atoms with E-state index in [1.807, 2.05) is 24.3 Å². The van der Waals surface area contributed by atoms with Gasteiger partial charge in [0.05, 0.1) is 0 Å². The van der Waals surface area contributed by atoms with Gasteiger partial charge in [0, 0.05) is 16.9 Å². The zero-order valence-corrected chi connectivity index (χ0v) is 19.7. The molecule has 4 nitrogen and oxygen atoms in total. The molecule has 2 aromatic rings. The Balaban J connectivity index is 0.000000614. The van der Waals surface area contributed by atoms with Gasteiger partial charge in [-0.3, -0.25) is 0 Å². The van der Waals surface area contributed by atoms with Crippen LogP contribution in [0.25, 0.3) is 0 Å². The molecule has 0 saturated heterocycles. The maximum absolute atomic E-state index is 5.62. The van der Waals surface area contributed by atoms with Gasteiger partial charge in [0.25, 0.3) is 0 Å². The lowest BCUT2D eigenvalue weighted by atomic mass is 10.0. The minimum absolute atomic E-state index is 0.0870. The molecule has 0 amide bonds. The number of amidine groups is 1. The van der Waals surface area contributed by atoms with Crippen molar-refractivity contribution in [3.63, 3.8) is 0 Å². The van der Waals surface area contributed by atoms with E-state index in [9.17, 15) is 0 Å². The van der Waals surface area contributed by atoms with Gasteiger partial charge in [0.15, 0.2) is 0 Å². The number of hydrogen-bond donors (Lipinski definition) is 3. The first kappa shape index (κ1) is 24.7. The van der Waals surface area contributed by atoms with Crippen LogP contribution in [-0.4, -0.2) is 12.4 Å². The van der Waals surface area contributed by atoms with Gasteiger partial charge in [-0.1, -0.05) is 88.6 Å². The molecule has 1 aliphatic heterocycles. The Bertz CT molecular complexity index is 824. The van der Waals surface area contributed by atoms with E-state index in [0.29, 0.717) is 5.92 Å². The minimum Gasteiger partial charge on any atom is -0.359 e. The van der Waals surface area contributed by atoms with Gasteiger partial charge >= 0.3 is 0 Å². The summed E-state index contributed by atoms with van der Waals surface area (Å²) in [6, 6.07) is 18.6. The van der Waals surface area contributed by atoms with Crippen LogP contribution in [0.2, 0.25) is 0 Å². The summed E-state index contributed by atoms with van der Waals surface area (Å²) in [5.74, 6) is 1.40. The Labute approximate surface area is 189 Å². The number of nitrogens with zero attached hydrogens (tertiary/aromatic N) is 1. The van der Waals surface area contributed by atoms with Crippen molar-refractivity contribution < 1.29 is 0 Å². The molecule has 0 aliphatic carbocycles. The number of benzene rings is 2. The maximum atomic E-state index is 5.62. The maximum Gasteiger partial charge on any atom is 0.147 e. The van der Waals surface area contributed by atoms with Crippen LogP contribution in [0.3, 0.4) is 0 Å². The van der Waals surface area contributed by atoms with E-state index >= 15 is 0 Å². The average molecular weight is 421 g/mol. The first-order valence-corrected chi connectivity index (χ1v) is 11.7. The predicted molar refractivity (Wildman–Crippen MR) is 135 cm³/mol. The summed E-state index contributed by atoms with van der Waals surface area (Å²) in [7, 11) is 0. The summed E-state index contributed by atoms with van der Waals surface area (Å²) in [5.41, 5.74) is 10.1. The monoisotopic (exact) mass is 420 g/mol. The third kappa shape index (κ3) is 8.22. The van der Waals surface area contributed by atoms with Crippen LogP contribution in [0.4, 0.5) is 5.69 Å². The van der Waals surface area contributed by atoms with E-state index in [4.69, 9.17) is 10.7 Å². The lowest BCUT2D eigenvalue weighted by molar-refractivity contribution is 0.608. The highest BCUT2D eigenvalue weighted by atomic mass is 15.2. The summed E-state index contributed by atoms with van der Waals surface area (Å²) >= 11 is 0. The SMILES string of the molecule is C/C(=C\C(C)CCCN)NC1=NC(c2ccccc2)Nc2ccccc21.CCCCC. The molecule has 2 unspecified atom stereocenters. The number of nitrogens with one attached hydrogen (secondary N) is 2. The number of anilines is 1. The fourth-order valence-corrected chi connectivity index (χ4v) is 3.62. The van der Waals surface area contributed by atoms with Crippen molar-refractivity contribution in [1.82, 2.24) is 5.32 Å². The Morgan fingerprint density at radius 2 is 1.74 bits per heavy atom. The van der Waals surface area contributed by atoms with Crippen molar-refractivity contribution in [3.05, 3.63) is 77.5 Å². The van der Waals surface area contributed by atoms with Crippen LogP contribution >= 0.6 is 0 Å². The largest absolute Gasteiger partial charge is 0.359 e. The highest BCUT2D eigenvalue weighted by Crippen LogP contribution is 2.29. The molecule has 4 N–H and O–H groups in total. The number of unbranched alkanes of at least 4 members (excludes halogenated alkanes) is 2. The summed E-state index contributed by atoms with van der Waals surface area (Å²) in [5, 5.41) is 7.05. The molecule has 31 heavy (non-hydrogen) atoms. The van der Waals surface area contributed by atoms with Crippen molar-refractivity contribution in [2.24, 2.45) is 16.6 Å².